The van der Waals surface area contributed by atoms with Gasteiger partial charge in [0.1, 0.15) is 5.56 Å². The zero-order chi connectivity index (χ0) is 14.4. The number of hydrogen-bond donors (Lipinski definition) is 2. The molecule has 1 heterocycles. The third-order valence-corrected chi connectivity index (χ3v) is 2.82. The average molecular weight is 265 g/mol. The summed E-state index contributed by atoms with van der Waals surface area (Å²) in [6, 6.07) is 1.35. The topological polar surface area (TPSA) is 82.3 Å². The van der Waals surface area contributed by atoms with Gasteiger partial charge in [-0.15, -0.1) is 0 Å². The van der Waals surface area contributed by atoms with Crippen molar-refractivity contribution in [3.63, 3.8) is 0 Å². The van der Waals surface area contributed by atoms with Crippen LogP contribution in [0.1, 0.15) is 29.9 Å². The summed E-state index contributed by atoms with van der Waals surface area (Å²) < 4.78 is 0. The van der Waals surface area contributed by atoms with E-state index in [0.29, 0.717) is 18.8 Å². The van der Waals surface area contributed by atoms with Crippen molar-refractivity contribution in [1.82, 2.24) is 15.2 Å². The number of aromatic amines is 1. The van der Waals surface area contributed by atoms with E-state index in [1.54, 1.807) is 11.8 Å². The number of H-pyrrole nitrogens is 1. The molecular formula is C13H19N3O3. The Morgan fingerprint density at radius 3 is 2.47 bits per heavy atom. The van der Waals surface area contributed by atoms with Crippen molar-refractivity contribution in [2.75, 3.05) is 19.6 Å². The van der Waals surface area contributed by atoms with Crippen molar-refractivity contribution in [1.29, 1.82) is 0 Å². The molecule has 6 heteroatoms. The number of aromatic nitrogens is 1. The molecule has 0 aliphatic rings. The van der Waals surface area contributed by atoms with Gasteiger partial charge in [-0.05, 0) is 20.8 Å². The lowest BCUT2D eigenvalue weighted by molar-refractivity contribution is -0.129. The highest BCUT2D eigenvalue weighted by atomic mass is 16.2. The number of nitrogens with zero attached hydrogens (tertiary/aromatic N) is 1. The van der Waals surface area contributed by atoms with E-state index in [2.05, 4.69) is 10.3 Å². The van der Waals surface area contributed by atoms with Crippen LogP contribution in [0.4, 0.5) is 0 Å². The Morgan fingerprint density at radius 1 is 1.32 bits per heavy atom. The van der Waals surface area contributed by atoms with Gasteiger partial charge < -0.3 is 15.2 Å². The number of aryl methyl sites for hydroxylation is 1. The van der Waals surface area contributed by atoms with E-state index in [0.717, 1.165) is 0 Å². The molecule has 0 saturated carbocycles. The van der Waals surface area contributed by atoms with E-state index in [4.69, 9.17) is 0 Å². The minimum atomic E-state index is -0.540. The van der Waals surface area contributed by atoms with Gasteiger partial charge in [-0.25, -0.2) is 0 Å². The van der Waals surface area contributed by atoms with Crippen molar-refractivity contribution in [3.05, 3.63) is 33.7 Å². The number of carbonyl (C=O) groups is 2. The summed E-state index contributed by atoms with van der Waals surface area (Å²) in [6.45, 7) is 6.55. The smallest absolute Gasteiger partial charge is 0.257 e. The summed E-state index contributed by atoms with van der Waals surface area (Å²) in [6.07, 6.45) is 1.36. The van der Waals surface area contributed by atoms with Crippen LogP contribution in [0.15, 0.2) is 17.1 Å². The maximum absolute atomic E-state index is 11.8. The number of likely N-dealkylation sites (N-methyl/N-ethyl adjacent to an activating group) is 1. The molecule has 0 aliphatic carbocycles. The lowest BCUT2D eigenvalue weighted by Gasteiger charge is -2.18. The minimum absolute atomic E-state index is 0.0120. The lowest BCUT2D eigenvalue weighted by atomic mass is 10.2. The molecule has 19 heavy (non-hydrogen) atoms. The van der Waals surface area contributed by atoms with Gasteiger partial charge >= 0.3 is 0 Å². The zero-order valence-electron chi connectivity index (χ0n) is 11.4. The fourth-order valence-corrected chi connectivity index (χ4v) is 1.69. The third kappa shape index (κ3) is 3.94. The molecule has 0 unspecified atom stereocenters. The fraction of sp³-hybridized carbons (Fsp3) is 0.462. The van der Waals surface area contributed by atoms with Crippen molar-refractivity contribution in [2.45, 2.75) is 20.8 Å². The van der Waals surface area contributed by atoms with Crippen molar-refractivity contribution in [3.8, 4) is 0 Å². The number of nitrogens with one attached hydrogen (secondary N) is 2. The first-order valence-corrected chi connectivity index (χ1v) is 6.24. The highest BCUT2D eigenvalue weighted by Gasteiger charge is 2.14. The van der Waals surface area contributed by atoms with Crippen LogP contribution in [0.2, 0.25) is 0 Å². The van der Waals surface area contributed by atoms with Crippen LogP contribution in [0.5, 0.6) is 0 Å². The first kappa shape index (κ1) is 14.9. The van der Waals surface area contributed by atoms with E-state index >= 15 is 0 Å². The highest BCUT2D eigenvalue weighted by molar-refractivity contribution is 5.96. The molecule has 0 atom stereocenters. The Kier molecular flexibility index (Phi) is 5.29. The number of hydrogen-bond acceptors (Lipinski definition) is 3. The Labute approximate surface area is 111 Å². The SMILES string of the molecule is CCN(CC)C(=O)CNC(=O)c1c[nH]c(C)cc1=O. The molecule has 2 amide bonds. The van der Waals surface area contributed by atoms with Crippen LogP contribution in [0, 0.1) is 6.92 Å². The second kappa shape index (κ2) is 6.72. The summed E-state index contributed by atoms with van der Waals surface area (Å²) in [5.74, 6) is -0.705. The molecule has 1 aromatic heterocycles. The van der Waals surface area contributed by atoms with Crippen LogP contribution >= 0.6 is 0 Å². The average Bonchev–Trinajstić information content (AvgIpc) is 2.37. The predicted octanol–water partition coefficient (Wildman–Crippen LogP) is 0.282. The van der Waals surface area contributed by atoms with E-state index in [1.165, 1.54) is 12.3 Å². The molecule has 0 fully saturated rings. The van der Waals surface area contributed by atoms with E-state index in [-0.39, 0.29) is 23.4 Å². The molecule has 0 aliphatic heterocycles. The van der Waals surface area contributed by atoms with Gasteiger partial charge in [0.25, 0.3) is 5.91 Å². The molecule has 1 rings (SSSR count). The Morgan fingerprint density at radius 2 is 1.95 bits per heavy atom. The van der Waals surface area contributed by atoms with Gasteiger partial charge in [0.2, 0.25) is 5.91 Å². The number of carbonyl (C=O) groups excluding carboxylic acids is 2. The number of amides is 2. The standard InChI is InChI=1S/C13H19N3O3/c1-4-16(5-2)12(18)8-15-13(19)10-7-14-9(3)6-11(10)17/h6-7H,4-5,8H2,1-3H3,(H,14,17)(H,15,19). The van der Waals surface area contributed by atoms with Crippen molar-refractivity contribution < 1.29 is 9.59 Å². The Balaban J connectivity index is 2.66. The van der Waals surface area contributed by atoms with Gasteiger partial charge in [0.15, 0.2) is 5.43 Å². The highest BCUT2D eigenvalue weighted by Crippen LogP contribution is 1.93. The van der Waals surface area contributed by atoms with Crippen LogP contribution in [-0.2, 0) is 4.79 Å². The number of pyridine rings is 1. The molecule has 0 radical (unpaired) electrons. The molecule has 6 nitrogen and oxygen atoms in total. The summed E-state index contributed by atoms with van der Waals surface area (Å²) in [7, 11) is 0. The predicted molar refractivity (Wildman–Crippen MR) is 72.1 cm³/mol. The first-order chi connectivity index (χ1) is 8.99. The maximum Gasteiger partial charge on any atom is 0.257 e. The Hall–Kier alpha value is -2.11. The second-order valence-electron chi connectivity index (χ2n) is 4.14. The van der Waals surface area contributed by atoms with E-state index in [1.807, 2.05) is 13.8 Å². The van der Waals surface area contributed by atoms with Gasteiger partial charge in [-0.3, -0.25) is 14.4 Å². The monoisotopic (exact) mass is 265 g/mol. The van der Waals surface area contributed by atoms with Crippen molar-refractivity contribution in [2.24, 2.45) is 0 Å². The quantitative estimate of drug-likeness (QED) is 0.802. The largest absolute Gasteiger partial charge is 0.364 e. The first-order valence-electron chi connectivity index (χ1n) is 6.24. The molecule has 0 spiro atoms. The molecule has 2 N–H and O–H groups in total. The van der Waals surface area contributed by atoms with Crippen LogP contribution in [0.25, 0.3) is 0 Å². The molecule has 0 saturated heterocycles. The molecule has 1 aromatic rings. The lowest BCUT2D eigenvalue weighted by Crippen LogP contribution is -2.40. The molecule has 104 valence electrons. The van der Waals surface area contributed by atoms with E-state index < -0.39 is 5.91 Å². The fourth-order valence-electron chi connectivity index (χ4n) is 1.69. The van der Waals surface area contributed by atoms with Crippen molar-refractivity contribution >= 4 is 11.8 Å². The van der Waals surface area contributed by atoms with Crippen LogP contribution < -0.4 is 10.7 Å². The normalized spacial score (nSPS) is 10.1. The molecule has 0 aromatic carbocycles. The minimum Gasteiger partial charge on any atom is -0.364 e. The number of rotatable bonds is 5. The van der Waals surface area contributed by atoms with E-state index in [9.17, 15) is 14.4 Å². The van der Waals surface area contributed by atoms with Crippen LogP contribution in [0.3, 0.4) is 0 Å². The summed E-state index contributed by atoms with van der Waals surface area (Å²) in [5, 5.41) is 2.46. The summed E-state index contributed by atoms with van der Waals surface area (Å²) in [4.78, 5) is 39.5. The van der Waals surface area contributed by atoms with Gasteiger partial charge in [0.05, 0.1) is 6.54 Å². The summed E-state index contributed by atoms with van der Waals surface area (Å²) in [5.41, 5.74) is 0.336. The zero-order valence-corrected chi connectivity index (χ0v) is 11.4. The summed E-state index contributed by atoms with van der Waals surface area (Å²) >= 11 is 0. The maximum atomic E-state index is 11.8. The van der Waals surface area contributed by atoms with Crippen LogP contribution in [-0.4, -0.2) is 41.3 Å². The van der Waals surface area contributed by atoms with Gasteiger partial charge in [0, 0.05) is 31.0 Å². The molecule has 0 bridgehead atoms. The van der Waals surface area contributed by atoms with Gasteiger partial charge in [-0.1, -0.05) is 0 Å². The second-order valence-corrected chi connectivity index (χ2v) is 4.14. The Bertz CT molecular complexity index is 518. The van der Waals surface area contributed by atoms with Gasteiger partial charge in [-0.2, -0.15) is 0 Å². The third-order valence-electron chi connectivity index (χ3n) is 2.82. The molecular weight excluding hydrogens is 246 g/mol.